The molecule has 2 aliphatic heterocycles. The Morgan fingerprint density at radius 1 is 0.979 bits per heavy atom. The van der Waals surface area contributed by atoms with Crippen LogP contribution in [0, 0.1) is 0 Å². The summed E-state index contributed by atoms with van der Waals surface area (Å²) in [5.41, 5.74) is 2.73. The van der Waals surface area contributed by atoms with Gasteiger partial charge in [-0.3, -0.25) is 14.4 Å². The SMILES string of the molecule is COC(=O)c1ccccc1-c1c2ccc(=O)cc-2oc2cc(O)ccc12.COC[C@H]1O[C@@H](C)C[C@@H]1NC(=O)CCCCCNC(C)=O. The largest absolute Gasteiger partial charge is 0.508 e. The van der Waals surface area contributed by atoms with Crippen LogP contribution in [0.15, 0.2) is 69.9 Å². The van der Waals surface area contributed by atoms with Crippen molar-refractivity contribution in [3.63, 3.8) is 0 Å². The molecule has 1 fully saturated rings. The number of carbonyl (C=O) groups excluding carboxylic acids is 3. The minimum absolute atomic E-state index is 0.00715. The summed E-state index contributed by atoms with van der Waals surface area (Å²) in [6, 6.07) is 16.4. The Labute approximate surface area is 273 Å². The number of aromatic hydroxyl groups is 1. The topological polar surface area (TPSA) is 153 Å². The molecule has 47 heavy (non-hydrogen) atoms. The minimum Gasteiger partial charge on any atom is -0.508 e. The predicted octanol–water partition coefficient (Wildman–Crippen LogP) is 5.05. The highest BCUT2D eigenvalue weighted by Gasteiger charge is 2.33. The second kappa shape index (κ2) is 16.7. The van der Waals surface area contributed by atoms with Crippen LogP contribution < -0.4 is 16.1 Å². The Hall–Kier alpha value is -4.74. The van der Waals surface area contributed by atoms with E-state index < -0.39 is 5.97 Å². The molecule has 3 atom stereocenters. The highest BCUT2D eigenvalue weighted by Crippen LogP contribution is 2.41. The Kier molecular flexibility index (Phi) is 12.5. The Bertz CT molecular complexity index is 1720. The fraction of sp³-hybridized carbons (Fsp3) is 0.389. The van der Waals surface area contributed by atoms with E-state index in [0.29, 0.717) is 53.0 Å². The van der Waals surface area contributed by atoms with Crippen molar-refractivity contribution in [1.29, 1.82) is 0 Å². The number of ether oxygens (including phenoxy) is 3. The van der Waals surface area contributed by atoms with Gasteiger partial charge in [0.2, 0.25) is 11.8 Å². The lowest BCUT2D eigenvalue weighted by Crippen LogP contribution is -2.42. The molecule has 0 bridgehead atoms. The van der Waals surface area contributed by atoms with E-state index in [1.54, 1.807) is 37.4 Å². The smallest absolute Gasteiger partial charge is 0.338 e. The highest BCUT2D eigenvalue weighted by molar-refractivity contribution is 6.07. The number of esters is 1. The van der Waals surface area contributed by atoms with Crippen LogP contribution in [0.5, 0.6) is 5.75 Å². The molecule has 250 valence electrons. The molecular formula is C36H42N2O9. The summed E-state index contributed by atoms with van der Waals surface area (Å²) in [6.07, 6.45) is 4.15. The Morgan fingerprint density at radius 2 is 1.77 bits per heavy atom. The normalized spacial score (nSPS) is 17.1. The standard InChI is InChI=1S/C21H14O5.C15H28N2O4/c1-25-21(24)15-5-3-2-4-14(15)20-16-8-6-12(22)10-18(16)26-19-11-13(23)7-9-17(19)20;1-11-9-13(14(21-11)10-20-3)17-15(19)7-5-4-6-8-16-12(2)18/h2-11,22H,1H3;11,13-14H,4-10H2,1-3H3,(H,16,18)(H,17,19)/t;11-,13-,14+/m.0/s1. The number of hydrogen-bond acceptors (Lipinski definition) is 9. The van der Waals surface area contributed by atoms with Crippen molar-refractivity contribution in [2.45, 2.75) is 64.2 Å². The van der Waals surface area contributed by atoms with Gasteiger partial charge in [-0.2, -0.15) is 0 Å². The number of fused-ring (bicyclic) bond motifs is 2. The molecule has 1 aliphatic carbocycles. The summed E-state index contributed by atoms with van der Waals surface area (Å²) in [6.45, 7) is 4.71. The summed E-state index contributed by atoms with van der Waals surface area (Å²) < 4.78 is 21.6. The third kappa shape index (κ3) is 9.40. The molecule has 0 radical (unpaired) electrons. The monoisotopic (exact) mass is 646 g/mol. The second-order valence-electron chi connectivity index (χ2n) is 11.5. The number of phenols is 1. The summed E-state index contributed by atoms with van der Waals surface area (Å²) in [4.78, 5) is 46.6. The molecule has 2 amide bonds. The van der Waals surface area contributed by atoms with Crippen molar-refractivity contribution in [3.8, 4) is 28.2 Å². The van der Waals surface area contributed by atoms with Gasteiger partial charge in [0.25, 0.3) is 0 Å². The first-order chi connectivity index (χ1) is 22.6. The van der Waals surface area contributed by atoms with Crippen LogP contribution in [-0.4, -0.2) is 68.5 Å². The maximum absolute atomic E-state index is 12.3. The van der Waals surface area contributed by atoms with Gasteiger partial charge in [-0.15, -0.1) is 0 Å². The van der Waals surface area contributed by atoms with Crippen molar-refractivity contribution >= 4 is 28.8 Å². The second-order valence-corrected chi connectivity index (χ2v) is 11.5. The van der Waals surface area contributed by atoms with Gasteiger partial charge in [-0.25, -0.2) is 4.79 Å². The number of phenolic OH excluding ortho intramolecular Hbond substituents is 1. The van der Waals surface area contributed by atoms with E-state index in [4.69, 9.17) is 18.6 Å². The van der Waals surface area contributed by atoms with Crippen molar-refractivity contribution in [1.82, 2.24) is 10.6 Å². The first-order valence-corrected chi connectivity index (χ1v) is 15.7. The van der Waals surface area contributed by atoms with Gasteiger partial charge in [0.05, 0.1) is 31.4 Å². The molecule has 5 rings (SSSR count). The molecule has 11 nitrogen and oxygen atoms in total. The van der Waals surface area contributed by atoms with E-state index in [0.717, 1.165) is 31.2 Å². The molecule has 3 N–H and O–H groups in total. The fourth-order valence-corrected chi connectivity index (χ4v) is 5.70. The molecule has 1 saturated heterocycles. The van der Waals surface area contributed by atoms with Crippen LogP contribution >= 0.6 is 0 Å². The van der Waals surface area contributed by atoms with E-state index in [1.165, 1.54) is 32.2 Å². The van der Waals surface area contributed by atoms with Crippen LogP contribution in [0.1, 0.15) is 56.3 Å². The number of amides is 2. The van der Waals surface area contributed by atoms with Crippen LogP contribution in [-0.2, 0) is 23.8 Å². The molecule has 0 aromatic heterocycles. The van der Waals surface area contributed by atoms with Crippen molar-refractivity contribution in [3.05, 3.63) is 76.5 Å². The minimum atomic E-state index is -0.457. The summed E-state index contributed by atoms with van der Waals surface area (Å²) in [5.74, 6) is 0.0314. The molecule has 0 saturated carbocycles. The lowest BCUT2D eigenvalue weighted by Gasteiger charge is -2.19. The van der Waals surface area contributed by atoms with Crippen molar-refractivity contribution in [2.75, 3.05) is 27.4 Å². The molecule has 3 aliphatic rings. The summed E-state index contributed by atoms with van der Waals surface area (Å²) in [7, 11) is 2.97. The first-order valence-electron chi connectivity index (χ1n) is 15.7. The van der Waals surface area contributed by atoms with E-state index >= 15 is 0 Å². The van der Waals surface area contributed by atoms with Gasteiger partial charge in [-0.1, -0.05) is 24.6 Å². The van der Waals surface area contributed by atoms with E-state index in [-0.39, 0.29) is 41.2 Å². The number of carbonyl (C=O) groups is 3. The van der Waals surface area contributed by atoms with Gasteiger partial charge >= 0.3 is 5.97 Å². The Balaban J connectivity index is 0.000000219. The molecule has 2 aromatic rings. The van der Waals surface area contributed by atoms with Gasteiger partial charge in [0.15, 0.2) is 5.43 Å². The van der Waals surface area contributed by atoms with E-state index in [2.05, 4.69) is 10.6 Å². The van der Waals surface area contributed by atoms with Crippen molar-refractivity contribution < 1.29 is 38.1 Å². The number of unbranched alkanes of at least 4 members (excludes halogenated alkanes) is 2. The molecule has 0 spiro atoms. The maximum Gasteiger partial charge on any atom is 0.338 e. The zero-order chi connectivity index (χ0) is 33.9. The van der Waals surface area contributed by atoms with Gasteiger partial charge in [-0.05, 0) is 62.1 Å². The van der Waals surface area contributed by atoms with Crippen LogP contribution in [0.2, 0.25) is 0 Å². The van der Waals surface area contributed by atoms with Gasteiger partial charge in [0, 0.05) is 55.6 Å². The number of rotatable bonds is 11. The highest BCUT2D eigenvalue weighted by atomic mass is 16.5. The Morgan fingerprint density at radius 3 is 2.51 bits per heavy atom. The van der Waals surface area contributed by atoms with E-state index in [1.807, 2.05) is 19.1 Å². The average molecular weight is 647 g/mol. The van der Waals surface area contributed by atoms with Crippen LogP contribution in [0.3, 0.4) is 0 Å². The zero-order valence-electron chi connectivity index (χ0n) is 27.2. The summed E-state index contributed by atoms with van der Waals surface area (Å²) in [5, 5.41) is 16.3. The number of methoxy groups -OCH3 is 2. The molecule has 2 aromatic carbocycles. The average Bonchev–Trinajstić information content (AvgIpc) is 3.39. The number of benzene rings is 3. The zero-order valence-corrected chi connectivity index (χ0v) is 27.2. The van der Waals surface area contributed by atoms with Gasteiger partial charge < -0.3 is 34.4 Å². The molecule has 0 unspecified atom stereocenters. The lowest BCUT2D eigenvalue weighted by atomic mass is 9.91. The molecule has 2 heterocycles. The number of nitrogens with one attached hydrogen (secondary N) is 2. The van der Waals surface area contributed by atoms with Crippen molar-refractivity contribution in [2.24, 2.45) is 0 Å². The van der Waals surface area contributed by atoms with Crippen LogP contribution in [0.4, 0.5) is 0 Å². The fourth-order valence-electron chi connectivity index (χ4n) is 5.70. The lowest BCUT2D eigenvalue weighted by molar-refractivity contribution is -0.122. The summed E-state index contributed by atoms with van der Waals surface area (Å²) >= 11 is 0. The maximum atomic E-state index is 12.3. The van der Waals surface area contributed by atoms with E-state index in [9.17, 15) is 24.3 Å². The predicted molar refractivity (Wildman–Crippen MR) is 177 cm³/mol. The number of hydrogen-bond donors (Lipinski definition) is 3. The quantitative estimate of drug-likeness (QED) is 0.115. The molecular weight excluding hydrogens is 604 g/mol. The van der Waals surface area contributed by atoms with Gasteiger partial charge in [0.1, 0.15) is 23.2 Å². The molecule has 11 heteroatoms. The first kappa shape index (κ1) is 35.1. The third-order valence-electron chi connectivity index (χ3n) is 7.85. The third-order valence-corrected chi connectivity index (χ3v) is 7.85. The van der Waals surface area contributed by atoms with Crippen LogP contribution in [0.25, 0.3) is 33.4 Å².